The van der Waals surface area contributed by atoms with Gasteiger partial charge in [0.1, 0.15) is 23.1 Å². The molecule has 0 aliphatic carbocycles. The Balaban J connectivity index is 1.37. The van der Waals surface area contributed by atoms with Crippen LogP contribution in [0, 0.1) is 5.41 Å². The Kier molecular flexibility index (Phi) is 7.77. The molecule has 1 unspecified atom stereocenters. The first-order valence-electron chi connectivity index (χ1n) is 12.4. The minimum absolute atomic E-state index is 0.0752. The highest BCUT2D eigenvalue weighted by Crippen LogP contribution is 2.34. The Hall–Kier alpha value is -3.00. The van der Waals surface area contributed by atoms with Crippen LogP contribution in [0.25, 0.3) is 0 Å². The second kappa shape index (κ2) is 11.0. The molecule has 1 saturated heterocycles. The fourth-order valence-corrected chi connectivity index (χ4v) is 5.11. The maximum absolute atomic E-state index is 13.4. The molecule has 1 aromatic carbocycles. The minimum Gasteiger partial charge on any atom is -0.478 e. The smallest absolute Gasteiger partial charge is 0.268 e. The van der Waals surface area contributed by atoms with Gasteiger partial charge in [-0.1, -0.05) is 25.0 Å². The number of ether oxygens (including phenoxy) is 1. The van der Waals surface area contributed by atoms with Crippen LogP contribution in [0.5, 0.6) is 5.75 Å². The summed E-state index contributed by atoms with van der Waals surface area (Å²) in [6.45, 7) is 6.47. The number of fused-ring (bicyclic) bond motifs is 1. The van der Waals surface area contributed by atoms with Crippen molar-refractivity contribution in [3.8, 4) is 5.75 Å². The number of carbonyl (C=O) groups excluding carboxylic acids is 1. The van der Waals surface area contributed by atoms with Crippen molar-refractivity contribution in [3.63, 3.8) is 0 Å². The van der Waals surface area contributed by atoms with Gasteiger partial charge in [-0.25, -0.2) is 9.97 Å². The molecule has 3 atom stereocenters. The molecule has 1 amide bonds. The van der Waals surface area contributed by atoms with Gasteiger partial charge < -0.3 is 15.4 Å². The van der Waals surface area contributed by atoms with Crippen molar-refractivity contribution in [2.75, 3.05) is 18.0 Å². The van der Waals surface area contributed by atoms with Gasteiger partial charge in [0.15, 0.2) is 6.10 Å². The van der Waals surface area contributed by atoms with Crippen molar-refractivity contribution in [2.45, 2.75) is 77.0 Å². The third kappa shape index (κ3) is 5.55. The van der Waals surface area contributed by atoms with Crippen molar-refractivity contribution < 1.29 is 9.53 Å². The molecule has 8 heteroatoms. The molecule has 4 rings (SSSR count). The number of nitrogens with zero attached hydrogens (tertiary/aromatic N) is 4. The third-order valence-electron chi connectivity index (χ3n) is 6.99. The molecule has 1 aromatic heterocycles. The topological polar surface area (TPSA) is 108 Å². The lowest BCUT2D eigenvalue weighted by Gasteiger charge is -2.39. The van der Waals surface area contributed by atoms with E-state index in [0.717, 1.165) is 31.5 Å². The van der Waals surface area contributed by atoms with Crippen LogP contribution >= 0.6 is 0 Å². The van der Waals surface area contributed by atoms with E-state index in [1.165, 1.54) is 19.3 Å². The Morgan fingerprint density at radius 3 is 2.62 bits per heavy atom. The van der Waals surface area contributed by atoms with Gasteiger partial charge in [0.2, 0.25) is 0 Å². The lowest BCUT2D eigenvalue weighted by molar-refractivity contribution is -0.126. The lowest BCUT2D eigenvalue weighted by Crippen LogP contribution is -2.47. The second-order valence-electron chi connectivity index (χ2n) is 9.47. The predicted molar refractivity (Wildman–Crippen MR) is 133 cm³/mol. The SMILES string of the molecule is C[C@@H]1CCC[C@H](C)N1CCCCCN1C(=O)C(Cc2nccc(C(=N)N)n2)Oc2ccccc21. The van der Waals surface area contributed by atoms with Crippen LogP contribution in [-0.2, 0) is 11.2 Å². The van der Waals surface area contributed by atoms with E-state index >= 15 is 0 Å². The number of aromatic nitrogens is 2. The number of likely N-dealkylation sites (tertiary alicyclic amines) is 1. The van der Waals surface area contributed by atoms with Gasteiger partial charge >= 0.3 is 0 Å². The fraction of sp³-hybridized carbons (Fsp3) is 0.538. The van der Waals surface area contributed by atoms with Crippen LogP contribution in [0.15, 0.2) is 36.5 Å². The lowest BCUT2D eigenvalue weighted by atomic mass is 9.97. The summed E-state index contributed by atoms with van der Waals surface area (Å²) in [5.74, 6) is 0.939. The summed E-state index contributed by atoms with van der Waals surface area (Å²) in [6.07, 6.45) is 8.18. The molecule has 8 nitrogen and oxygen atoms in total. The van der Waals surface area contributed by atoms with Crippen LogP contribution in [0.1, 0.15) is 63.9 Å². The van der Waals surface area contributed by atoms with E-state index in [0.29, 0.717) is 35.9 Å². The number of hydrogen-bond donors (Lipinski definition) is 2. The summed E-state index contributed by atoms with van der Waals surface area (Å²) in [6, 6.07) is 10.6. The molecule has 182 valence electrons. The minimum atomic E-state index is -0.702. The van der Waals surface area contributed by atoms with Gasteiger partial charge in [-0.3, -0.25) is 15.1 Å². The van der Waals surface area contributed by atoms with E-state index in [1.54, 1.807) is 12.3 Å². The summed E-state index contributed by atoms with van der Waals surface area (Å²) < 4.78 is 6.05. The summed E-state index contributed by atoms with van der Waals surface area (Å²) >= 11 is 0. The van der Waals surface area contributed by atoms with Crippen molar-refractivity contribution in [1.82, 2.24) is 14.9 Å². The molecule has 34 heavy (non-hydrogen) atoms. The van der Waals surface area contributed by atoms with E-state index < -0.39 is 6.10 Å². The number of amidine groups is 1. The zero-order valence-electron chi connectivity index (χ0n) is 20.2. The number of nitrogens with one attached hydrogen (secondary N) is 1. The molecular formula is C26H36N6O2. The monoisotopic (exact) mass is 464 g/mol. The number of nitrogen functional groups attached to an aromatic ring is 1. The Labute approximate surface area is 202 Å². The third-order valence-corrected chi connectivity index (χ3v) is 6.99. The largest absolute Gasteiger partial charge is 0.478 e. The number of nitrogens with two attached hydrogens (primary N) is 1. The molecule has 2 aromatic rings. The average molecular weight is 465 g/mol. The van der Waals surface area contributed by atoms with Gasteiger partial charge in [-0.15, -0.1) is 0 Å². The quantitative estimate of drug-likeness (QED) is 0.334. The zero-order valence-corrected chi connectivity index (χ0v) is 20.2. The van der Waals surface area contributed by atoms with Crippen LogP contribution < -0.4 is 15.4 Å². The van der Waals surface area contributed by atoms with Crippen molar-refractivity contribution >= 4 is 17.4 Å². The highest BCUT2D eigenvalue weighted by atomic mass is 16.5. The number of benzene rings is 1. The van der Waals surface area contributed by atoms with Crippen LogP contribution in [0.4, 0.5) is 5.69 Å². The number of carbonyl (C=O) groups is 1. The Morgan fingerprint density at radius 1 is 1.12 bits per heavy atom. The summed E-state index contributed by atoms with van der Waals surface area (Å²) in [7, 11) is 0. The summed E-state index contributed by atoms with van der Waals surface area (Å²) in [4.78, 5) is 26.4. The highest BCUT2D eigenvalue weighted by molar-refractivity contribution is 6.00. The van der Waals surface area contributed by atoms with Crippen LogP contribution in [-0.4, -0.2) is 57.9 Å². The van der Waals surface area contributed by atoms with E-state index in [-0.39, 0.29) is 18.2 Å². The Bertz CT molecular complexity index is 1000. The number of piperidine rings is 1. The molecular weight excluding hydrogens is 428 g/mol. The number of rotatable bonds is 9. The van der Waals surface area contributed by atoms with E-state index in [1.807, 2.05) is 29.2 Å². The second-order valence-corrected chi connectivity index (χ2v) is 9.47. The fourth-order valence-electron chi connectivity index (χ4n) is 5.11. The van der Waals surface area contributed by atoms with Crippen molar-refractivity contribution in [2.24, 2.45) is 5.73 Å². The maximum atomic E-state index is 13.4. The average Bonchev–Trinajstić information content (AvgIpc) is 2.82. The van der Waals surface area contributed by atoms with Gasteiger partial charge in [0.05, 0.1) is 12.1 Å². The van der Waals surface area contributed by atoms with Crippen LogP contribution in [0.3, 0.4) is 0 Å². The molecule has 3 heterocycles. The first-order valence-corrected chi connectivity index (χ1v) is 12.4. The van der Waals surface area contributed by atoms with Crippen LogP contribution in [0.2, 0.25) is 0 Å². The molecule has 2 aliphatic heterocycles. The summed E-state index contributed by atoms with van der Waals surface area (Å²) in [5.41, 5.74) is 6.72. The zero-order chi connectivity index (χ0) is 24.1. The van der Waals surface area contributed by atoms with E-state index in [2.05, 4.69) is 28.7 Å². The highest BCUT2D eigenvalue weighted by Gasteiger charge is 2.34. The molecule has 0 saturated carbocycles. The molecule has 0 radical (unpaired) electrons. The first kappa shape index (κ1) is 24.1. The van der Waals surface area contributed by atoms with Gasteiger partial charge in [-0.05, 0) is 64.3 Å². The molecule has 0 bridgehead atoms. The maximum Gasteiger partial charge on any atom is 0.268 e. The Morgan fingerprint density at radius 2 is 1.85 bits per heavy atom. The predicted octanol–water partition coefficient (Wildman–Crippen LogP) is 3.53. The normalized spacial score (nSPS) is 22.8. The van der Waals surface area contributed by atoms with Gasteiger partial charge in [0, 0.05) is 24.8 Å². The molecule has 3 N–H and O–H groups in total. The number of hydrogen-bond acceptors (Lipinski definition) is 6. The summed E-state index contributed by atoms with van der Waals surface area (Å²) in [5, 5.41) is 7.60. The number of para-hydroxylation sites is 2. The molecule has 2 aliphatic rings. The molecule has 0 spiro atoms. The van der Waals surface area contributed by atoms with Gasteiger partial charge in [-0.2, -0.15) is 0 Å². The van der Waals surface area contributed by atoms with Gasteiger partial charge in [0.25, 0.3) is 5.91 Å². The molecule has 1 fully saturated rings. The van der Waals surface area contributed by atoms with Crippen molar-refractivity contribution in [1.29, 1.82) is 5.41 Å². The first-order chi connectivity index (χ1) is 16.4. The number of amides is 1. The van der Waals surface area contributed by atoms with E-state index in [9.17, 15) is 4.79 Å². The van der Waals surface area contributed by atoms with Crippen molar-refractivity contribution in [3.05, 3.63) is 48.0 Å². The number of anilines is 1. The van der Waals surface area contributed by atoms with E-state index in [4.69, 9.17) is 15.9 Å². The standard InChI is InChI=1S/C26H36N6O2/c1-18-9-8-10-19(2)31(18)15-6-3-7-16-32-21-11-4-5-12-22(21)34-23(26(32)33)17-24-29-14-13-20(30-24)25(27)28/h4-5,11-14,18-19,23H,3,6-10,15-17H2,1-2H3,(H3,27,28)/t18-,19+,23?. The number of unbranched alkanes of at least 4 members (excludes halogenated alkanes) is 2.